The van der Waals surface area contributed by atoms with Gasteiger partial charge < -0.3 is 9.84 Å². The molecule has 0 atom stereocenters. The van der Waals surface area contributed by atoms with E-state index in [2.05, 4.69) is 6.07 Å². The van der Waals surface area contributed by atoms with E-state index in [1.807, 2.05) is 25.1 Å². The second kappa shape index (κ2) is 6.05. The van der Waals surface area contributed by atoms with Gasteiger partial charge in [-0.3, -0.25) is 0 Å². The maximum Gasteiger partial charge on any atom is 0.124 e. The number of aliphatic hydroxyl groups is 1. The number of benzene rings is 1. The molecule has 3 nitrogen and oxygen atoms in total. The van der Waals surface area contributed by atoms with Crippen LogP contribution in [0.1, 0.15) is 24.0 Å². The topological polar surface area (TPSA) is 53.2 Å². The van der Waals surface area contributed by atoms with Crippen LogP contribution in [0.5, 0.6) is 5.75 Å². The highest BCUT2D eigenvalue weighted by atomic mass is 16.5. The normalized spacial score (nSPS) is 9.67. The summed E-state index contributed by atoms with van der Waals surface area (Å²) in [6.07, 6.45) is 1.22. The highest BCUT2D eigenvalue weighted by molar-refractivity contribution is 5.36. The third-order valence-electron chi connectivity index (χ3n) is 2.08. The summed E-state index contributed by atoms with van der Waals surface area (Å²) in [5, 5.41) is 17.5. The summed E-state index contributed by atoms with van der Waals surface area (Å²) in [6.45, 7) is 2.47. The number of aryl methyl sites for hydroxylation is 1. The highest BCUT2D eigenvalue weighted by Gasteiger charge is 2.02. The third kappa shape index (κ3) is 3.61. The van der Waals surface area contributed by atoms with E-state index in [0.717, 1.165) is 17.5 Å². The second-order valence-electron chi connectivity index (χ2n) is 3.38. The highest BCUT2D eigenvalue weighted by Crippen LogP contribution is 2.20. The molecule has 0 bridgehead atoms. The molecule has 0 aliphatic carbocycles. The average molecular weight is 205 g/mol. The van der Waals surface area contributed by atoms with Crippen LogP contribution in [0.15, 0.2) is 18.2 Å². The summed E-state index contributed by atoms with van der Waals surface area (Å²) in [5.74, 6) is 0.709. The van der Waals surface area contributed by atoms with Gasteiger partial charge in [0.05, 0.1) is 19.3 Å². The van der Waals surface area contributed by atoms with Crippen molar-refractivity contribution < 1.29 is 9.84 Å². The van der Waals surface area contributed by atoms with Gasteiger partial charge in [-0.15, -0.1) is 0 Å². The van der Waals surface area contributed by atoms with Crippen LogP contribution in [0, 0.1) is 18.3 Å². The lowest BCUT2D eigenvalue weighted by atomic mass is 10.1. The van der Waals surface area contributed by atoms with E-state index < -0.39 is 0 Å². The zero-order valence-corrected chi connectivity index (χ0v) is 8.86. The number of nitriles is 1. The van der Waals surface area contributed by atoms with E-state index in [0.29, 0.717) is 18.8 Å². The van der Waals surface area contributed by atoms with Gasteiger partial charge >= 0.3 is 0 Å². The smallest absolute Gasteiger partial charge is 0.124 e. The van der Waals surface area contributed by atoms with E-state index in [4.69, 9.17) is 15.1 Å². The predicted octanol–water partition coefficient (Wildman–Crippen LogP) is 2.17. The SMILES string of the molecule is Cc1ccc(OCCCC#N)c(CO)c1. The zero-order chi connectivity index (χ0) is 11.1. The largest absolute Gasteiger partial charge is 0.493 e. The van der Waals surface area contributed by atoms with Crippen LogP contribution in [0.3, 0.4) is 0 Å². The van der Waals surface area contributed by atoms with Crippen LogP contribution >= 0.6 is 0 Å². The van der Waals surface area contributed by atoms with Gasteiger partial charge in [-0.1, -0.05) is 17.7 Å². The number of hydrogen-bond donors (Lipinski definition) is 1. The lowest BCUT2D eigenvalue weighted by Gasteiger charge is -2.09. The quantitative estimate of drug-likeness (QED) is 0.749. The van der Waals surface area contributed by atoms with Gasteiger partial charge in [0.25, 0.3) is 0 Å². The molecule has 3 heteroatoms. The van der Waals surface area contributed by atoms with Gasteiger partial charge in [-0.05, 0) is 19.4 Å². The Hall–Kier alpha value is -1.53. The van der Waals surface area contributed by atoms with E-state index in [9.17, 15) is 0 Å². The van der Waals surface area contributed by atoms with E-state index in [1.54, 1.807) is 0 Å². The van der Waals surface area contributed by atoms with Gasteiger partial charge in [0.1, 0.15) is 5.75 Å². The lowest BCUT2D eigenvalue weighted by molar-refractivity contribution is 0.261. The van der Waals surface area contributed by atoms with Crippen LogP contribution in [0.4, 0.5) is 0 Å². The van der Waals surface area contributed by atoms with Crippen molar-refractivity contribution in [1.82, 2.24) is 0 Å². The Balaban J connectivity index is 2.57. The van der Waals surface area contributed by atoms with Gasteiger partial charge in [-0.25, -0.2) is 0 Å². The van der Waals surface area contributed by atoms with E-state index in [1.165, 1.54) is 0 Å². The van der Waals surface area contributed by atoms with Crippen molar-refractivity contribution in [3.8, 4) is 11.8 Å². The molecule has 0 amide bonds. The molecule has 0 heterocycles. The minimum atomic E-state index is -0.0186. The summed E-state index contributed by atoms with van der Waals surface area (Å²) >= 11 is 0. The number of unbranched alkanes of at least 4 members (excludes halogenated alkanes) is 1. The number of rotatable bonds is 5. The Bertz CT molecular complexity index is 355. The van der Waals surface area contributed by atoms with Crippen molar-refractivity contribution in [3.63, 3.8) is 0 Å². The predicted molar refractivity (Wildman–Crippen MR) is 57.4 cm³/mol. The Labute approximate surface area is 89.9 Å². The molecule has 15 heavy (non-hydrogen) atoms. The van der Waals surface area contributed by atoms with Crippen molar-refractivity contribution in [3.05, 3.63) is 29.3 Å². The molecule has 0 fully saturated rings. The molecule has 0 spiro atoms. The van der Waals surface area contributed by atoms with Crippen molar-refractivity contribution in [1.29, 1.82) is 5.26 Å². The molecule has 0 aliphatic heterocycles. The van der Waals surface area contributed by atoms with Crippen LogP contribution in [-0.2, 0) is 6.61 Å². The Morgan fingerprint density at radius 3 is 2.93 bits per heavy atom. The van der Waals surface area contributed by atoms with Crippen LogP contribution in [0.25, 0.3) is 0 Å². The van der Waals surface area contributed by atoms with E-state index in [-0.39, 0.29) is 6.61 Å². The molecule has 1 aromatic carbocycles. The molecular formula is C12H15NO2. The van der Waals surface area contributed by atoms with E-state index >= 15 is 0 Å². The summed E-state index contributed by atoms with van der Waals surface area (Å²) in [5.41, 5.74) is 1.90. The van der Waals surface area contributed by atoms with Gasteiger partial charge in [0, 0.05) is 12.0 Å². The maximum atomic E-state index is 9.11. The van der Waals surface area contributed by atoms with Gasteiger partial charge in [0.2, 0.25) is 0 Å². The monoisotopic (exact) mass is 205 g/mol. The molecule has 80 valence electrons. The van der Waals surface area contributed by atoms with Crippen LogP contribution in [0.2, 0.25) is 0 Å². The molecule has 1 rings (SSSR count). The minimum absolute atomic E-state index is 0.0186. The first-order chi connectivity index (χ1) is 7.27. The Kier molecular flexibility index (Phi) is 4.65. The van der Waals surface area contributed by atoms with Gasteiger partial charge in [-0.2, -0.15) is 5.26 Å². The maximum absolute atomic E-state index is 9.11. The Morgan fingerprint density at radius 1 is 1.47 bits per heavy atom. The molecule has 0 saturated carbocycles. The fourth-order valence-electron chi connectivity index (χ4n) is 1.31. The van der Waals surface area contributed by atoms with Gasteiger partial charge in [0.15, 0.2) is 0 Å². The average Bonchev–Trinajstić information content (AvgIpc) is 2.26. The number of aliphatic hydroxyl groups excluding tert-OH is 1. The summed E-state index contributed by atoms with van der Waals surface area (Å²) in [6, 6.07) is 7.76. The van der Waals surface area contributed by atoms with Crippen LogP contribution < -0.4 is 4.74 Å². The molecule has 0 saturated heterocycles. The summed E-state index contributed by atoms with van der Waals surface area (Å²) < 4.78 is 5.47. The van der Waals surface area contributed by atoms with Crippen molar-refractivity contribution in [2.45, 2.75) is 26.4 Å². The summed E-state index contributed by atoms with van der Waals surface area (Å²) in [4.78, 5) is 0. The zero-order valence-electron chi connectivity index (χ0n) is 8.86. The van der Waals surface area contributed by atoms with Crippen molar-refractivity contribution in [2.24, 2.45) is 0 Å². The molecule has 0 unspecified atom stereocenters. The fourth-order valence-corrected chi connectivity index (χ4v) is 1.31. The molecular weight excluding hydrogens is 190 g/mol. The molecule has 1 aromatic rings. The van der Waals surface area contributed by atoms with Crippen molar-refractivity contribution >= 4 is 0 Å². The fraction of sp³-hybridized carbons (Fsp3) is 0.417. The lowest BCUT2D eigenvalue weighted by Crippen LogP contribution is -2.00. The van der Waals surface area contributed by atoms with Crippen molar-refractivity contribution in [2.75, 3.05) is 6.61 Å². The third-order valence-corrected chi connectivity index (χ3v) is 2.08. The first-order valence-corrected chi connectivity index (χ1v) is 4.98. The molecule has 0 aromatic heterocycles. The second-order valence-corrected chi connectivity index (χ2v) is 3.38. The number of ether oxygens (including phenoxy) is 1. The minimum Gasteiger partial charge on any atom is -0.493 e. The molecule has 0 radical (unpaired) electrons. The Morgan fingerprint density at radius 2 is 2.27 bits per heavy atom. The van der Waals surface area contributed by atoms with Crippen LogP contribution in [-0.4, -0.2) is 11.7 Å². The molecule has 1 N–H and O–H groups in total. The number of nitrogens with zero attached hydrogens (tertiary/aromatic N) is 1. The molecule has 0 aliphatic rings. The number of hydrogen-bond acceptors (Lipinski definition) is 3. The summed E-state index contributed by atoms with van der Waals surface area (Å²) in [7, 11) is 0. The standard InChI is InChI=1S/C12H15NO2/c1-10-4-5-12(11(8-10)9-14)15-7-3-2-6-13/h4-5,8,14H,2-3,7,9H2,1H3. The first kappa shape index (κ1) is 11.5. The first-order valence-electron chi connectivity index (χ1n) is 4.98.